The van der Waals surface area contributed by atoms with Gasteiger partial charge in [0, 0.05) is 12.4 Å². The minimum Gasteiger partial charge on any atom is -0.480 e. The Kier molecular flexibility index (Phi) is 5.14. The van der Waals surface area contributed by atoms with Crippen molar-refractivity contribution < 1.29 is 9.53 Å². The van der Waals surface area contributed by atoms with Crippen LogP contribution in [-0.4, -0.2) is 23.3 Å². The van der Waals surface area contributed by atoms with E-state index in [9.17, 15) is 4.79 Å². The Morgan fingerprint density at radius 2 is 1.91 bits per heavy atom. The van der Waals surface area contributed by atoms with Crippen molar-refractivity contribution in [3.05, 3.63) is 59.9 Å². The topological polar surface area (TPSA) is 51.5 Å². The fourth-order valence-electron chi connectivity index (χ4n) is 2.63. The lowest BCUT2D eigenvalue weighted by Gasteiger charge is -2.14. The Morgan fingerprint density at radius 1 is 1.04 bits per heavy atom. The zero-order valence-electron chi connectivity index (χ0n) is 13.1. The molecule has 0 N–H and O–H groups in total. The number of carbonyl (C=O) groups excluding carboxylic acids is 1. The number of aliphatic imine (C=N–C) groups is 1. The van der Waals surface area contributed by atoms with Crippen molar-refractivity contribution in [2.24, 2.45) is 4.99 Å². The fraction of sp³-hybridized carbons (Fsp3) is 0.316. The van der Waals surface area contributed by atoms with Crippen LogP contribution in [0.25, 0.3) is 0 Å². The summed E-state index contributed by atoms with van der Waals surface area (Å²) in [5.74, 6) is 0.555. The molecule has 1 aliphatic rings. The molecule has 23 heavy (non-hydrogen) atoms. The van der Waals surface area contributed by atoms with E-state index in [1.165, 1.54) is 5.56 Å². The number of hydrogen-bond acceptors (Lipinski definition) is 4. The van der Waals surface area contributed by atoms with Crippen LogP contribution in [-0.2, 0) is 11.2 Å². The van der Waals surface area contributed by atoms with Crippen LogP contribution in [0.4, 0.5) is 5.69 Å². The number of benzene rings is 1. The summed E-state index contributed by atoms with van der Waals surface area (Å²) in [7, 11) is 0. The molecule has 0 amide bonds. The Labute approximate surface area is 136 Å². The fourth-order valence-corrected chi connectivity index (χ4v) is 2.63. The van der Waals surface area contributed by atoms with Crippen molar-refractivity contribution in [3.63, 3.8) is 0 Å². The highest BCUT2D eigenvalue weighted by Crippen LogP contribution is 2.24. The van der Waals surface area contributed by atoms with E-state index in [4.69, 9.17) is 4.74 Å². The van der Waals surface area contributed by atoms with Gasteiger partial charge in [-0.2, -0.15) is 0 Å². The van der Waals surface area contributed by atoms with Crippen LogP contribution >= 0.6 is 0 Å². The lowest BCUT2D eigenvalue weighted by Crippen LogP contribution is -2.16. The minimum atomic E-state index is 0.0298. The highest BCUT2D eigenvalue weighted by Gasteiger charge is 2.20. The van der Waals surface area contributed by atoms with E-state index in [1.807, 2.05) is 6.07 Å². The molecule has 4 heteroatoms. The first-order valence-electron chi connectivity index (χ1n) is 8.04. The standard InChI is InChI=1S/C19H20N2O2/c22-18-13-19(21-17-10-11-20-14-16(17)18)23-12-6-2-5-9-15-7-3-1-4-8-15/h1,3-4,7-8,10-11,14H,2,5-6,9,12-13H2. The van der Waals surface area contributed by atoms with Gasteiger partial charge < -0.3 is 4.74 Å². The van der Waals surface area contributed by atoms with Gasteiger partial charge in [-0.05, 0) is 37.3 Å². The number of Topliss-reactive ketones (excluding diaryl/α,β-unsaturated/α-hetero) is 1. The average Bonchev–Trinajstić information content (AvgIpc) is 2.59. The number of ether oxygens (including phenoxy) is 1. The summed E-state index contributed by atoms with van der Waals surface area (Å²) in [5.41, 5.74) is 2.62. The Balaban J connectivity index is 1.40. The lowest BCUT2D eigenvalue weighted by atomic mass is 10.1. The van der Waals surface area contributed by atoms with Gasteiger partial charge in [0.1, 0.15) is 0 Å². The molecule has 0 saturated carbocycles. The van der Waals surface area contributed by atoms with Crippen LogP contribution in [0.15, 0.2) is 53.8 Å². The first-order chi connectivity index (χ1) is 11.3. The molecule has 118 valence electrons. The lowest BCUT2D eigenvalue weighted by molar-refractivity contribution is 0.0990. The number of rotatable bonds is 6. The molecular formula is C19H20N2O2. The van der Waals surface area contributed by atoms with Crippen molar-refractivity contribution in [1.82, 2.24) is 4.98 Å². The molecule has 2 heterocycles. The second kappa shape index (κ2) is 7.68. The molecule has 0 unspecified atom stereocenters. The maximum absolute atomic E-state index is 12.0. The molecule has 1 aromatic heterocycles. The summed E-state index contributed by atoms with van der Waals surface area (Å²) in [6, 6.07) is 12.2. The number of nitrogens with zero attached hydrogens (tertiary/aromatic N) is 2. The van der Waals surface area contributed by atoms with Gasteiger partial charge in [-0.1, -0.05) is 30.3 Å². The maximum atomic E-state index is 12.0. The first kappa shape index (κ1) is 15.4. The third-order valence-corrected chi connectivity index (χ3v) is 3.88. The molecule has 0 bridgehead atoms. The van der Waals surface area contributed by atoms with Crippen molar-refractivity contribution in [2.75, 3.05) is 6.61 Å². The van der Waals surface area contributed by atoms with Crippen molar-refractivity contribution >= 4 is 17.4 Å². The summed E-state index contributed by atoms with van der Waals surface area (Å²) in [6.45, 7) is 0.612. The van der Waals surface area contributed by atoms with Gasteiger partial charge in [-0.25, -0.2) is 4.99 Å². The average molecular weight is 308 g/mol. The predicted octanol–water partition coefficient (Wildman–Crippen LogP) is 4.13. The SMILES string of the molecule is O=C1CC(OCCCCCc2ccccc2)=Nc2ccncc21. The van der Waals surface area contributed by atoms with Crippen LogP contribution in [0.1, 0.15) is 41.6 Å². The molecule has 1 aliphatic heterocycles. The summed E-state index contributed by atoms with van der Waals surface area (Å²) in [4.78, 5) is 20.3. The van der Waals surface area contributed by atoms with Crippen LogP contribution in [0.3, 0.4) is 0 Å². The smallest absolute Gasteiger partial charge is 0.196 e. The molecule has 0 spiro atoms. The van der Waals surface area contributed by atoms with Crippen LogP contribution < -0.4 is 0 Å². The summed E-state index contributed by atoms with van der Waals surface area (Å²) in [6.07, 6.45) is 7.78. The normalized spacial score (nSPS) is 13.4. The highest BCUT2D eigenvalue weighted by molar-refractivity contribution is 6.13. The van der Waals surface area contributed by atoms with Gasteiger partial charge in [0.2, 0.25) is 0 Å². The molecule has 0 fully saturated rings. The number of ketones is 1. The zero-order chi connectivity index (χ0) is 15.9. The van der Waals surface area contributed by atoms with E-state index in [0.717, 1.165) is 25.7 Å². The van der Waals surface area contributed by atoms with Crippen LogP contribution in [0, 0.1) is 0 Å². The summed E-state index contributed by atoms with van der Waals surface area (Å²) >= 11 is 0. The zero-order valence-corrected chi connectivity index (χ0v) is 13.1. The number of hydrogen-bond donors (Lipinski definition) is 0. The second-order valence-electron chi connectivity index (χ2n) is 5.64. The van der Waals surface area contributed by atoms with Gasteiger partial charge in [-0.3, -0.25) is 9.78 Å². The van der Waals surface area contributed by atoms with E-state index < -0.39 is 0 Å². The molecule has 1 aromatic carbocycles. The third-order valence-electron chi connectivity index (χ3n) is 3.88. The van der Waals surface area contributed by atoms with Crippen molar-refractivity contribution in [1.29, 1.82) is 0 Å². The number of aryl methyl sites for hydroxylation is 1. The largest absolute Gasteiger partial charge is 0.480 e. The molecule has 0 atom stereocenters. The molecule has 0 radical (unpaired) electrons. The van der Waals surface area contributed by atoms with Gasteiger partial charge in [0.15, 0.2) is 11.7 Å². The predicted molar refractivity (Wildman–Crippen MR) is 90.2 cm³/mol. The quantitative estimate of drug-likeness (QED) is 0.754. The first-order valence-corrected chi connectivity index (χ1v) is 8.04. The van der Waals surface area contributed by atoms with E-state index in [2.05, 4.69) is 34.2 Å². The molecular weight excluding hydrogens is 288 g/mol. The summed E-state index contributed by atoms with van der Waals surface area (Å²) < 4.78 is 5.67. The maximum Gasteiger partial charge on any atom is 0.196 e. The van der Waals surface area contributed by atoms with Gasteiger partial charge in [-0.15, -0.1) is 0 Å². The van der Waals surface area contributed by atoms with Gasteiger partial charge in [0.05, 0.1) is 24.3 Å². The number of pyridine rings is 1. The molecule has 0 saturated heterocycles. The van der Waals surface area contributed by atoms with E-state index in [-0.39, 0.29) is 12.2 Å². The highest BCUT2D eigenvalue weighted by atomic mass is 16.5. The van der Waals surface area contributed by atoms with E-state index in [0.29, 0.717) is 23.8 Å². The van der Waals surface area contributed by atoms with Crippen molar-refractivity contribution in [3.8, 4) is 0 Å². The van der Waals surface area contributed by atoms with Crippen LogP contribution in [0.5, 0.6) is 0 Å². The van der Waals surface area contributed by atoms with E-state index >= 15 is 0 Å². The van der Waals surface area contributed by atoms with Gasteiger partial charge in [0.25, 0.3) is 0 Å². The van der Waals surface area contributed by atoms with E-state index in [1.54, 1.807) is 18.5 Å². The molecule has 2 aromatic rings. The summed E-state index contributed by atoms with van der Waals surface area (Å²) in [5, 5.41) is 0. The molecule has 0 aliphatic carbocycles. The second-order valence-corrected chi connectivity index (χ2v) is 5.64. The Hall–Kier alpha value is -2.49. The Morgan fingerprint density at radius 3 is 2.78 bits per heavy atom. The molecule has 4 nitrogen and oxygen atoms in total. The number of unbranched alkanes of at least 4 members (excludes halogenated alkanes) is 2. The van der Waals surface area contributed by atoms with Gasteiger partial charge >= 0.3 is 0 Å². The Bertz CT molecular complexity index is 696. The third kappa shape index (κ3) is 4.25. The molecule has 3 rings (SSSR count). The number of fused-ring (bicyclic) bond motifs is 1. The van der Waals surface area contributed by atoms with Crippen molar-refractivity contribution in [2.45, 2.75) is 32.1 Å². The number of aromatic nitrogens is 1. The van der Waals surface area contributed by atoms with Crippen LogP contribution in [0.2, 0.25) is 0 Å². The monoisotopic (exact) mass is 308 g/mol. The minimum absolute atomic E-state index is 0.0298. The number of carbonyl (C=O) groups is 1.